The highest BCUT2D eigenvalue weighted by Gasteiger charge is 2.04. The second-order valence-electron chi connectivity index (χ2n) is 5.15. The first-order valence-corrected chi connectivity index (χ1v) is 7.50. The number of aryl methyl sites for hydroxylation is 2. The summed E-state index contributed by atoms with van der Waals surface area (Å²) in [6, 6.07) is 17.8. The lowest BCUT2D eigenvalue weighted by molar-refractivity contribution is 0.657. The van der Waals surface area contributed by atoms with Crippen molar-refractivity contribution in [2.75, 3.05) is 5.32 Å². The first-order valence-electron chi connectivity index (χ1n) is 7.50. The van der Waals surface area contributed by atoms with Gasteiger partial charge in [-0.2, -0.15) is 5.26 Å². The van der Waals surface area contributed by atoms with Crippen LogP contribution in [0.2, 0.25) is 0 Å². The molecule has 0 saturated heterocycles. The molecule has 1 aromatic carbocycles. The summed E-state index contributed by atoms with van der Waals surface area (Å²) in [5.41, 5.74) is 1.71. The number of nitrogens with zero attached hydrogens (tertiary/aromatic N) is 4. The van der Waals surface area contributed by atoms with Gasteiger partial charge in [0.2, 0.25) is 0 Å². The topological polar surface area (TPSA) is 66.5 Å². The van der Waals surface area contributed by atoms with Gasteiger partial charge >= 0.3 is 0 Å². The minimum absolute atomic E-state index is 0.405. The first-order chi connectivity index (χ1) is 11.3. The van der Waals surface area contributed by atoms with Gasteiger partial charge in [-0.1, -0.05) is 36.4 Å². The van der Waals surface area contributed by atoms with E-state index in [9.17, 15) is 0 Å². The first kappa shape index (κ1) is 14.8. The normalized spacial score (nSPS) is 10.2. The molecule has 0 saturated carbocycles. The van der Waals surface area contributed by atoms with Gasteiger partial charge in [-0.25, -0.2) is 9.97 Å². The molecule has 0 aliphatic heterocycles. The summed E-state index contributed by atoms with van der Waals surface area (Å²) in [4.78, 5) is 8.60. The molecular weight excluding hydrogens is 286 g/mol. The number of anilines is 1. The smallest absolute Gasteiger partial charge is 0.142 e. The molecule has 0 unspecified atom stereocenters. The molecule has 0 radical (unpaired) electrons. The van der Waals surface area contributed by atoms with Gasteiger partial charge in [-0.15, -0.1) is 0 Å². The fraction of sp³-hybridized carbons (Fsp3) is 0.167. The van der Waals surface area contributed by atoms with E-state index in [1.807, 2.05) is 30.5 Å². The van der Waals surface area contributed by atoms with E-state index in [1.165, 1.54) is 5.56 Å². The number of pyridine rings is 1. The number of nitriles is 1. The van der Waals surface area contributed by atoms with Crippen LogP contribution < -0.4 is 5.32 Å². The largest absolute Gasteiger partial charge is 0.363 e. The number of benzene rings is 1. The fourth-order valence-corrected chi connectivity index (χ4v) is 2.37. The molecule has 5 nitrogen and oxygen atoms in total. The van der Waals surface area contributed by atoms with Gasteiger partial charge in [-0.3, -0.25) is 0 Å². The van der Waals surface area contributed by atoms with Gasteiger partial charge in [-0.05, 0) is 24.1 Å². The standard InChI is InChI=1S/C18H17N5/c19-13-16-7-4-8-17(22-16)21-14-18-20-10-12-23(18)11-9-15-5-2-1-3-6-15/h1-8,10,12H,9,11,14H2,(H,21,22). The Balaban J connectivity index is 1.61. The molecule has 0 bridgehead atoms. The molecule has 114 valence electrons. The lowest BCUT2D eigenvalue weighted by Crippen LogP contribution is -2.10. The minimum Gasteiger partial charge on any atom is -0.363 e. The highest BCUT2D eigenvalue weighted by Crippen LogP contribution is 2.08. The highest BCUT2D eigenvalue weighted by atomic mass is 15.1. The molecule has 0 spiro atoms. The third kappa shape index (κ3) is 3.95. The summed E-state index contributed by atoms with van der Waals surface area (Å²) >= 11 is 0. The quantitative estimate of drug-likeness (QED) is 0.760. The van der Waals surface area contributed by atoms with Crippen LogP contribution in [0.5, 0.6) is 0 Å². The highest BCUT2D eigenvalue weighted by molar-refractivity contribution is 5.38. The number of aromatic nitrogens is 3. The van der Waals surface area contributed by atoms with Crippen LogP contribution in [0.4, 0.5) is 5.82 Å². The maximum absolute atomic E-state index is 8.88. The molecule has 0 amide bonds. The van der Waals surface area contributed by atoms with Gasteiger partial charge in [0.15, 0.2) is 0 Å². The molecule has 3 rings (SSSR count). The summed E-state index contributed by atoms with van der Waals surface area (Å²) in [5, 5.41) is 12.1. The van der Waals surface area contributed by atoms with E-state index in [0.29, 0.717) is 18.1 Å². The molecule has 0 atom stereocenters. The second-order valence-corrected chi connectivity index (χ2v) is 5.15. The summed E-state index contributed by atoms with van der Waals surface area (Å²) in [6.45, 7) is 1.45. The van der Waals surface area contributed by atoms with Gasteiger partial charge in [0, 0.05) is 18.9 Å². The maximum Gasteiger partial charge on any atom is 0.142 e. The number of hydrogen-bond acceptors (Lipinski definition) is 4. The van der Waals surface area contributed by atoms with Gasteiger partial charge in [0.05, 0.1) is 6.54 Å². The molecule has 5 heteroatoms. The van der Waals surface area contributed by atoms with Crippen molar-refractivity contribution in [2.24, 2.45) is 0 Å². The third-order valence-corrected chi connectivity index (χ3v) is 3.58. The van der Waals surface area contributed by atoms with E-state index < -0.39 is 0 Å². The van der Waals surface area contributed by atoms with Crippen molar-refractivity contribution in [3.63, 3.8) is 0 Å². The van der Waals surface area contributed by atoms with Crippen LogP contribution in [0.15, 0.2) is 60.9 Å². The Labute approximate surface area is 135 Å². The zero-order chi connectivity index (χ0) is 15.9. The summed E-state index contributed by atoms with van der Waals surface area (Å²) in [5.74, 6) is 1.63. The van der Waals surface area contributed by atoms with E-state index in [1.54, 1.807) is 12.3 Å². The third-order valence-electron chi connectivity index (χ3n) is 3.58. The van der Waals surface area contributed by atoms with Gasteiger partial charge in [0.25, 0.3) is 0 Å². The Morgan fingerprint density at radius 2 is 1.96 bits per heavy atom. The van der Waals surface area contributed by atoms with Crippen molar-refractivity contribution in [3.8, 4) is 6.07 Å². The van der Waals surface area contributed by atoms with E-state index in [2.05, 4.69) is 44.1 Å². The lowest BCUT2D eigenvalue weighted by Gasteiger charge is -2.09. The van der Waals surface area contributed by atoms with Crippen molar-refractivity contribution < 1.29 is 0 Å². The van der Waals surface area contributed by atoms with Crippen LogP contribution in [0.3, 0.4) is 0 Å². The molecule has 2 heterocycles. The van der Waals surface area contributed by atoms with Crippen LogP contribution in [-0.4, -0.2) is 14.5 Å². The number of imidazole rings is 1. The Hall–Kier alpha value is -3.13. The number of nitrogens with one attached hydrogen (secondary N) is 1. The Bertz CT molecular complexity index is 802. The summed E-state index contributed by atoms with van der Waals surface area (Å²) < 4.78 is 2.13. The van der Waals surface area contributed by atoms with Crippen molar-refractivity contribution in [1.82, 2.24) is 14.5 Å². The predicted octanol–water partition coefficient (Wildman–Crippen LogP) is 3.00. The van der Waals surface area contributed by atoms with Crippen molar-refractivity contribution in [2.45, 2.75) is 19.5 Å². The minimum atomic E-state index is 0.405. The molecule has 0 fully saturated rings. The molecule has 2 aromatic heterocycles. The van der Waals surface area contributed by atoms with Crippen LogP contribution in [0.25, 0.3) is 0 Å². The molecule has 1 N–H and O–H groups in total. The summed E-state index contributed by atoms with van der Waals surface area (Å²) in [7, 11) is 0. The number of hydrogen-bond donors (Lipinski definition) is 1. The van der Waals surface area contributed by atoms with Crippen LogP contribution in [-0.2, 0) is 19.5 Å². The van der Waals surface area contributed by atoms with Crippen molar-refractivity contribution in [1.29, 1.82) is 5.26 Å². The summed E-state index contributed by atoms with van der Waals surface area (Å²) in [6.07, 6.45) is 4.76. The van der Waals surface area contributed by atoms with Crippen LogP contribution >= 0.6 is 0 Å². The second kappa shape index (κ2) is 7.23. The average Bonchev–Trinajstić information content (AvgIpc) is 3.07. The molecular formula is C18H17N5. The zero-order valence-electron chi connectivity index (χ0n) is 12.7. The van der Waals surface area contributed by atoms with E-state index >= 15 is 0 Å². The molecule has 3 aromatic rings. The predicted molar refractivity (Wildman–Crippen MR) is 88.7 cm³/mol. The molecule has 0 aliphatic rings. The van der Waals surface area contributed by atoms with E-state index in [0.717, 1.165) is 18.8 Å². The van der Waals surface area contributed by atoms with Crippen molar-refractivity contribution >= 4 is 5.82 Å². The van der Waals surface area contributed by atoms with Gasteiger partial charge < -0.3 is 9.88 Å². The SMILES string of the molecule is N#Cc1cccc(NCc2nccn2CCc2ccccc2)n1. The van der Waals surface area contributed by atoms with E-state index in [4.69, 9.17) is 5.26 Å². The Kier molecular flexibility index (Phi) is 4.65. The average molecular weight is 303 g/mol. The van der Waals surface area contributed by atoms with Crippen LogP contribution in [0, 0.1) is 11.3 Å². The monoisotopic (exact) mass is 303 g/mol. The Morgan fingerprint density at radius 3 is 2.78 bits per heavy atom. The molecule has 23 heavy (non-hydrogen) atoms. The fourth-order valence-electron chi connectivity index (χ4n) is 2.37. The zero-order valence-corrected chi connectivity index (χ0v) is 12.7. The number of rotatable bonds is 6. The van der Waals surface area contributed by atoms with Crippen LogP contribution in [0.1, 0.15) is 17.1 Å². The Morgan fingerprint density at radius 1 is 1.09 bits per heavy atom. The van der Waals surface area contributed by atoms with Gasteiger partial charge in [0.1, 0.15) is 23.4 Å². The lowest BCUT2D eigenvalue weighted by atomic mass is 10.1. The molecule has 0 aliphatic carbocycles. The maximum atomic E-state index is 8.88. The van der Waals surface area contributed by atoms with Crippen molar-refractivity contribution in [3.05, 3.63) is 78.0 Å². The van der Waals surface area contributed by atoms with E-state index in [-0.39, 0.29) is 0 Å².